The van der Waals surface area contributed by atoms with E-state index in [9.17, 15) is 8.42 Å². The smallest absolute Gasteiger partial charge is 0.207 e. The van der Waals surface area contributed by atoms with E-state index in [4.69, 9.17) is 0 Å². The fourth-order valence-corrected chi connectivity index (χ4v) is 2.66. The lowest BCUT2D eigenvalue weighted by molar-refractivity contribution is 0.581. The maximum atomic E-state index is 12.1. The Labute approximate surface area is 113 Å². The Hall–Kier alpha value is -1.91. The number of sulfonamides is 1. The maximum absolute atomic E-state index is 12.1. The predicted molar refractivity (Wildman–Crippen MR) is 77.0 cm³/mol. The van der Waals surface area contributed by atoms with Crippen molar-refractivity contribution >= 4 is 16.1 Å². The van der Waals surface area contributed by atoms with Crippen molar-refractivity contribution in [2.24, 2.45) is 0 Å². The van der Waals surface area contributed by atoms with E-state index in [1.165, 1.54) is 0 Å². The standard InChI is InChI=1S/C15H15NO2S/c1-2-13-8-10-15(11-9-13)19(17,18)16-12-14-6-4-3-5-7-14/h2-11,16H,1,12H2. The first-order valence-corrected chi connectivity index (χ1v) is 7.36. The number of benzene rings is 2. The molecule has 2 aromatic carbocycles. The molecular formula is C15H15NO2S. The van der Waals surface area contributed by atoms with Gasteiger partial charge in [0, 0.05) is 6.54 Å². The first kappa shape index (κ1) is 13.5. The topological polar surface area (TPSA) is 46.2 Å². The SMILES string of the molecule is C=Cc1ccc(S(=O)(=O)NCc2ccccc2)cc1. The molecule has 0 heterocycles. The molecule has 0 unspecified atom stereocenters. The van der Waals surface area contributed by atoms with Gasteiger partial charge in [0.2, 0.25) is 10.0 Å². The van der Waals surface area contributed by atoms with Crippen LogP contribution in [-0.2, 0) is 16.6 Å². The van der Waals surface area contributed by atoms with Crippen LogP contribution in [-0.4, -0.2) is 8.42 Å². The van der Waals surface area contributed by atoms with E-state index in [-0.39, 0.29) is 11.4 Å². The molecule has 0 spiro atoms. The molecule has 0 aliphatic heterocycles. The summed E-state index contributed by atoms with van der Waals surface area (Å²) in [6.07, 6.45) is 1.67. The summed E-state index contributed by atoms with van der Waals surface area (Å²) in [6.45, 7) is 3.92. The lowest BCUT2D eigenvalue weighted by atomic mass is 10.2. The second-order valence-corrected chi connectivity index (χ2v) is 5.85. The minimum absolute atomic E-state index is 0.258. The molecule has 0 aliphatic carbocycles. The van der Waals surface area contributed by atoms with Gasteiger partial charge in [-0.1, -0.05) is 55.1 Å². The van der Waals surface area contributed by atoms with Gasteiger partial charge in [-0.3, -0.25) is 0 Å². The number of rotatable bonds is 5. The Morgan fingerprint density at radius 1 is 1.00 bits per heavy atom. The highest BCUT2D eigenvalue weighted by atomic mass is 32.2. The molecule has 19 heavy (non-hydrogen) atoms. The molecule has 0 saturated heterocycles. The zero-order chi connectivity index (χ0) is 13.7. The molecule has 0 atom stereocenters. The zero-order valence-electron chi connectivity index (χ0n) is 10.4. The van der Waals surface area contributed by atoms with Gasteiger partial charge >= 0.3 is 0 Å². The molecule has 0 fully saturated rings. The highest BCUT2D eigenvalue weighted by molar-refractivity contribution is 7.89. The van der Waals surface area contributed by atoms with Crippen molar-refractivity contribution in [1.29, 1.82) is 0 Å². The molecule has 2 rings (SSSR count). The zero-order valence-corrected chi connectivity index (χ0v) is 11.2. The highest BCUT2D eigenvalue weighted by Crippen LogP contribution is 2.11. The molecule has 0 bridgehead atoms. The number of nitrogens with one attached hydrogen (secondary N) is 1. The second kappa shape index (κ2) is 5.82. The molecule has 2 aromatic rings. The number of hydrogen-bond donors (Lipinski definition) is 1. The molecule has 0 radical (unpaired) electrons. The van der Waals surface area contributed by atoms with E-state index in [0.717, 1.165) is 11.1 Å². The van der Waals surface area contributed by atoms with E-state index in [1.807, 2.05) is 30.3 Å². The first-order valence-electron chi connectivity index (χ1n) is 5.88. The van der Waals surface area contributed by atoms with Crippen molar-refractivity contribution in [2.75, 3.05) is 0 Å². The lowest BCUT2D eigenvalue weighted by Crippen LogP contribution is -2.23. The van der Waals surface area contributed by atoms with Crippen molar-refractivity contribution in [1.82, 2.24) is 4.72 Å². The third-order valence-electron chi connectivity index (χ3n) is 2.74. The fourth-order valence-electron chi connectivity index (χ4n) is 1.64. The minimum atomic E-state index is -3.47. The third-order valence-corrected chi connectivity index (χ3v) is 4.15. The predicted octanol–water partition coefficient (Wildman–Crippen LogP) is 2.81. The molecule has 98 valence electrons. The molecular weight excluding hydrogens is 258 g/mol. The summed E-state index contributed by atoms with van der Waals surface area (Å²) in [6, 6.07) is 16.0. The van der Waals surface area contributed by atoms with Gasteiger partial charge in [-0.2, -0.15) is 0 Å². The third kappa shape index (κ3) is 3.53. The molecule has 0 amide bonds. The summed E-state index contributed by atoms with van der Waals surface area (Å²) in [4.78, 5) is 0.258. The van der Waals surface area contributed by atoms with Gasteiger partial charge < -0.3 is 0 Å². The Morgan fingerprint density at radius 3 is 2.21 bits per heavy atom. The van der Waals surface area contributed by atoms with Crippen LogP contribution in [0.1, 0.15) is 11.1 Å². The Morgan fingerprint density at radius 2 is 1.63 bits per heavy atom. The maximum Gasteiger partial charge on any atom is 0.240 e. The van der Waals surface area contributed by atoms with E-state index >= 15 is 0 Å². The van der Waals surface area contributed by atoms with Crippen LogP contribution in [0.3, 0.4) is 0 Å². The molecule has 0 saturated carbocycles. The summed E-state index contributed by atoms with van der Waals surface area (Å²) >= 11 is 0. The van der Waals surface area contributed by atoms with Crippen LogP contribution in [0.5, 0.6) is 0 Å². The fraction of sp³-hybridized carbons (Fsp3) is 0.0667. The van der Waals surface area contributed by atoms with Crippen molar-refractivity contribution in [3.8, 4) is 0 Å². The average Bonchev–Trinajstić information content (AvgIpc) is 2.46. The number of hydrogen-bond acceptors (Lipinski definition) is 2. The second-order valence-electron chi connectivity index (χ2n) is 4.08. The minimum Gasteiger partial charge on any atom is -0.207 e. The van der Waals surface area contributed by atoms with Gasteiger partial charge in [0.05, 0.1) is 4.90 Å². The average molecular weight is 273 g/mol. The first-order chi connectivity index (χ1) is 9.12. The van der Waals surface area contributed by atoms with Gasteiger partial charge in [0.25, 0.3) is 0 Å². The van der Waals surface area contributed by atoms with Gasteiger partial charge in [0.1, 0.15) is 0 Å². The summed E-state index contributed by atoms with van der Waals surface area (Å²) in [7, 11) is -3.47. The summed E-state index contributed by atoms with van der Waals surface area (Å²) in [5.41, 5.74) is 1.82. The highest BCUT2D eigenvalue weighted by Gasteiger charge is 2.12. The summed E-state index contributed by atoms with van der Waals surface area (Å²) < 4.78 is 26.7. The molecule has 3 nitrogen and oxygen atoms in total. The lowest BCUT2D eigenvalue weighted by Gasteiger charge is -2.07. The summed E-state index contributed by atoms with van der Waals surface area (Å²) in [5, 5.41) is 0. The van der Waals surface area contributed by atoms with Crippen LogP contribution < -0.4 is 4.72 Å². The van der Waals surface area contributed by atoms with Crippen molar-refractivity contribution in [3.63, 3.8) is 0 Å². The van der Waals surface area contributed by atoms with Crippen molar-refractivity contribution < 1.29 is 8.42 Å². The van der Waals surface area contributed by atoms with Crippen LogP contribution in [0, 0.1) is 0 Å². The molecule has 0 aromatic heterocycles. The van der Waals surface area contributed by atoms with Gasteiger partial charge in [-0.25, -0.2) is 13.1 Å². The molecule has 0 aliphatic rings. The molecule has 4 heteroatoms. The Kier molecular flexibility index (Phi) is 4.14. The monoisotopic (exact) mass is 273 g/mol. The molecule has 1 N–H and O–H groups in total. The Bertz CT molecular complexity index is 646. The van der Waals surface area contributed by atoms with Gasteiger partial charge in [-0.05, 0) is 23.3 Å². The van der Waals surface area contributed by atoms with E-state index in [2.05, 4.69) is 11.3 Å². The van der Waals surface area contributed by atoms with Crippen molar-refractivity contribution in [3.05, 3.63) is 72.3 Å². The van der Waals surface area contributed by atoms with E-state index in [0.29, 0.717) is 0 Å². The van der Waals surface area contributed by atoms with Crippen LogP contribution in [0.4, 0.5) is 0 Å². The summed E-state index contributed by atoms with van der Waals surface area (Å²) in [5.74, 6) is 0. The van der Waals surface area contributed by atoms with Gasteiger partial charge in [0.15, 0.2) is 0 Å². The van der Waals surface area contributed by atoms with Crippen LogP contribution in [0.2, 0.25) is 0 Å². The largest absolute Gasteiger partial charge is 0.240 e. The van der Waals surface area contributed by atoms with E-state index < -0.39 is 10.0 Å². The normalized spacial score (nSPS) is 11.2. The van der Waals surface area contributed by atoms with Crippen LogP contribution in [0.15, 0.2) is 66.1 Å². The van der Waals surface area contributed by atoms with Gasteiger partial charge in [-0.15, -0.1) is 0 Å². The van der Waals surface area contributed by atoms with E-state index in [1.54, 1.807) is 30.3 Å². The van der Waals surface area contributed by atoms with Crippen LogP contribution >= 0.6 is 0 Å². The van der Waals surface area contributed by atoms with Crippen LogP contribution in [0.25, 0.3) is 6.08 Å². The van der Waals surface area contributed by atoms with Crippen molar-refractivity contribution in [2.45, 2.75) is 11.4 Å². The Balaban J connectivity index is 2.11. The quantitative estimate of drug-likeness (QED) is 0.910.